The van der Waals surface area contributed by atoms with Crippen LogP contribution in [-0.2, 0) is 29.5 Å². The van der Waals surface area contributed by atoms with Crippen molar-refractivity contribution in [3.05, 3.63) is 47.5 Å². The van der Waals surface area contributed by atoms with Gasteiger partial charge in [0.15, 0.2) is 0 Å². The average Bonchev–Trinajstić information content (AvgIpc) is 3.15. The molecule has 1 unspecified atom stereocenters. The first-order chi connectivity index (χ1) is 13.3. The lowest BCUT2D eigenvalue weighted by atomic mass is 9.83. The van der Waals surface area contributed by atoms with Gasteiger partial charge in [-0.3, -0.25) is 4.79 Å². The first kappa shape index (κ1) is 18.9. The zero-order valence-corrected chi connectivity index (χ0v) is 15.2. The van der Waals surface area contributed by atoms with E-state index in [1.807, 2.05) is 0 Å². The zero-order chi connectivity index (χ0) is 19.9. The van der Waals surface area contributed by atoms with E-state index in [0.29, 0.717) is 32.5 Å². The number of hydrogen-bond donors (Lipinski definition) is 1. The van der Waals surface area contributed by atoms with E-state index in [9.17, 15) is 23.1 Å². The quantitative estimate of drug-likeness (QED) is 0.849. The van der Waals surface area contributed by atoms with Gasteiger partial charge in [0.25, 0.3) is 0 Å². The number of aryl methyl sites for hydroxylation is 1. The van der Waals surface area contributed by atoms with Crippen molar-refractivity contribution in [2.75, 3.05) is 13.1 Å². The van der Waals surface area contributed by atoms with E-state index in [0.717, 1.165) is 18.0 Å². The highest BCUT2D eigenvalue weighted by molar-refractivity contribution is 5.79. The summed E-state index contributed by atoms with van der Waals surface area (Å²) in [4.78, 5) is 18.7. The number of benzene rings is 1. The fourth-order valence-corrected chi connectivity index (χ4v) is 4.07. The molecule has 28 heavy (non-hydrogen) atoms. The number of likely N-dealkylation sites (tertiary alicyclic amines) is 1. The molecule has 0 saturated carbocycles. The topological polar surface area (TPSA) is 71.2 Å². The minimum absolute atomic E-state index is 0.00671. The van der Waals surface area contributed by atoms with Gasteiger partial charge in [0, 0.05) is 19.5 Å². The predicted molar refractivity (Wildman–Crippen MR) is 93.0 cm³/mol. The van der Waals surface area contributed by atoms with E-state index < -0.39 is 17.3 Å². The number of rotatable bonds is 2. The molecule has 2 aliphatic heterocycles. The van der Waals surface area contributed by atoms with Crippen LogP contribution in [0.25, 0.3) is 0 Å². The van der Waals surface area contributed by atoms with Crippen LogP contribution in [-0.4, -0.2) is 43.8 Å². The largest absolute Gasteiger partial charge is 0.416 e. The lowest BCUT2D eigenvalue weighted by molar-refractivity contribution is -0.141. The molecule has 3 heterocycles. The molecule has 4 rings (SSSR count). The predicted octanol–water partition coefficient (Wildman–Crippen LogP) is 2.37. The molecular weight excluding hydrogens is 373 g/mol. The van der Waals surface area contributed by atoms with Crippen molar-refractivity contribution in [2.45, 2.75) is 44.0 Å². The van der Waals surface area contributed by atoms with E-state index in [-0.39, 0.29) is 30.2 Å². The Morgan fingerprint density at radius 2 is 2.00 bits per heavy atom. The van der Waals surface area contributed by atoms with Gasteiger partial charge in [-0.2, -0.15) is 18.3 Å². The van der Waals surface area contributed by atoms with E-state index in [2.05, 4.69) is 10.1 Å². The summed E-state index contributed by atoms with van der Waals surface area (Å²) in [5.74, 6) is 0.697. The van der Waals surface area contributed by atoms with Gasteiger partial charge >= 0.3 is 6.18 Å². The van der Waals surface area contributed by atoms with Crippen molar-refractivity contribution in [1.29, 1.82) is 0 Å². The number of hydrogen-bond acceptors (Lipinski definition) is 4. The minimum Gasteiger partial charge on any atom is -0.385 e. The maximum Gasteiger partial charge on any atom is 0.416 e. The van der Waals surface area contributed by atoms with Gasteiger partial charge in [-0.05, 0) is 37.0 Å². The molecule has 1 saturated heterocycles. The highest BCUT2D eigenvalue weighted by Gasteiger charge is 2.39. The number of alkyl halides is 3. The smallest absolute Gasteiger partial charge is 0.385 e. The zero-order valence-electron chi connectivity index (χ0n) is 15.2. The molecule has 1 aromatic carbocycles. The van der Waals surface area contributed by atoms with Gasteiger partial charge in [-0.15, -0.1) is 0 Å². The van der Waals surface area contributed by atoms with E-state index in [4.69, 9.17) is 0 Å². The third-order valence-corrected chi connectivity index (χ3v) is 5.78. The minimum atomic E-state index is -4.45. The Bertz CT molecular complexity index is 872. The summed E-state index contributed by atoms with van der Waals surface area (Å²) in [7, 11) is 0. The standard InChI is InChI=1S/C19H21F3N4O2/c20-19(21,22)15-3-1-2-14(10-15)18(28)6-8-25(9-7-18)17(27)13-4-5-16-23-12-24-26(16)11-13/h1-3,10,12-13,28H,4-9,11H2. The van der Waals surface area contributed by atoms with Crippen molar-refractivity contribution < 1.29 is 23.1 Å². The molecule has 2 aromatic rings. The second kappa shape index (κ2) is 6.88. The van der Waals surface area contributed by atoms with Gasteiger partial charge in [0.2, 0.25) is 5.91 Å². The van der Waals surface area contributed by atoms with Crippen molar-refractivity contribution >= 4 is 5.91 Å². The van der Waals surface area contributed by atoms with E-state index in [1.54, 1.807) is 9.58 Å². The first-order valence-corrected chi connectivity index (χ1v) is 9.32. The summed E-state index contributed by atoms with van der Waals surface area (Å²) in [5, 5.41) is 15.0. The molecule has 1 aromatic heterocycles. The van der Waals surface area contributed by atoms with Crippen LogP contribution < -0.4 is 0 Å². The maximum absolute atomic E-state index is 13.0. The number of carbonyl (C=O) groups is 1. The summed E-state index contributed by atoms with van der Waals surface area (Å²) in [6.45, 7) is 1.11. The van der Waals surface area contributed by atoms with Gasteiger partial charge in [0.1, 0.15) is 12.2 Å². The van der Waals surface area contributed by atoms with E-state index >= 15 is 0 Å². The molecule has 0 radical (unpaired) electrons. The molecule has 0 spiro atoms. The maximum atomic E-state index is 13.0. The van der Waals surface area contributed by atoms with Crippen LogP contribution in [0, 0.1) is 5.92 Å². The van der Waals surface area contributed by atoms with Gasteiger partial charge < -0.3 is 10.0 Å². The van der Waals surface area contributed by atoms with Crippen molar-refractivity contribution in [3.8, 4) is 0 Å². The Hall–Kier alpha value is -2.42. The lowest BCUT2D eigenvalue weighted by Crippen LogP contribution is -2.48. The van der Waals surface area contributed by atoms with E-state index in [1.165, 1.54) is 18.5 Å². The number of amides is 1. The summed E-state index contributed by atoms with van der Waals surface area (Å²) in [6, 6.07) is 4.82. The van der Waals surface area contributed by atoms with Gasteiger partial charge in [0.05, 0.1) is 23.6 Å². The molecule has 150 valence electrons. The van der Waals surface area contributed by atoms with Crippen LogP contribution in [0.15, 0.2) is 30.6 Å². The Morgan fingerprint density at radius 3 is 2.71 bits per heavy atom. The molecule has 0 aliphatic carbocycles. The Balaban J connectivity index is 1.42. The van der Waals surface area contributed by atoms with Crippen molar-refractivity contribution in [1.82, 2.24) is 19.7 Å². The van der Waals surface area contributed by atoms with Crippen LogP contribution in [0.1, 0.15) is 36.2 Å². The molecule has 1 amide bonds. The van der Waals surface area contributed by atoms with Crippen LogP contribution in [0.4, 0.5) is 13.2 Å². The number of nitrogens with zero attached hydrogens (tertiary/aromatic N) is 4. The Labute approximate surface area is 160 Å². The highest BCUT2D eigenvalue weighted by atomic mass is 19.4. The summed E-state index contributed by atoms with van der Waals surface area (Å²) < 4.78 is 40.7. The second-order valence-electron chi connectivity index (χ2n) is 7.53. The van der Waals surface area contributed by atoms with Crippen molar-refractivity contribution in [3.63, 3.8) is 0 Å². The number of halogens is 3. The fourth-order valence-electron chi connectivity index (χ4n) is 4.07. The summed E-state index contributed by atoms with van der Waals surface area (Å²) >= 11 is 0. The van der Waals surface area contributed by atoms with Gasteiger partial charge in [-0.25, -0.2) is 9.67 Å². The first-order valence-electron chi connectivity index (χ1n) is 9.32. The molecule has 1 N–H and O–H groups in total. The summed E-state index contributed by atoms with van der Waals surface area (Å²) in [5.41, 5.74) is -1.88. The van der Waals surface area contributed by atoms with Crippen molar-refractivity contribution in [2.24, 2.45) is 5.92 Å². The molecule has 1 fully saturated rings. The molecule has 6 nitrogen and oxygen atoms in total. The van der Waals surface area contributed by atoms with Crippen LogP contribution in [0.3, 0.4) is 0 Å². The lowest BCUT2D eigenvalue weighted by Gasteiger charge is -2.40. The Morgan fingerprint density at radius 1 is 1.25 bits per heavy atom. The van der Waals surface area contributed by atoms with Crippen LogP contribution in [0.5, 0.6) is 0 Å². The average molecular weight is 394 g/mol. The molecular formula is C19H21F3N4O2. The van der Waals surface area contributed by atoms with Crippen LogP contribution >= 0.6 is 0 Å². The Kier molecular flexibility index (Phi) is 4.65. The molecule has 1 atom stereocenters. The number of piperidine rings is 1. The third kappa shape index (κ3) is 3.50. The van der Waals surface area contributed by atoms with Crippen LogP contribution in [0.2, 0.25) is 0 Å². The number of aliphatic hydroxyl groups is 1. The number of carbonyl (C=O) groups excluding carboxylic acids is 1. The second-order valence-corrected chi connectivity index (χ2v) is 7.53. The monoisotopic (exact) mass is 394 g/mol. The SMILES string of the molecule is O=C(C1CCc2ncnn2C1)N1CCC(O)(c2cccc(C(F)(F)F)c2)CC1. The summed E-state index contributed by atoms with van der Waals surface area (Å²) in [6.07, 6.45) is -1.16. The number of aromatic nitrogens is 3. The highest BCUT2D eigenvalue weighted by Crippen LogP contribution is 2.37. The van der Waals surface area contributed by atoms with Gasteiger partial charge in [-0.1, -0.05) is 12.1 Å². The normalized spacial score (nSPS) is 22.0. The number of fused-ring (bicyclic) bond motifs is 1. The molecule has 2 aliphatic rings. The fraction of sp³-hybridized carbons (Fsp3) is 0.526. The third-order valence-electron chi connectivity index (χ3n) is 5.78. The molecule has 0 bridgehead atoms. The molecule has 9 heteroatoms.